The van der Waals surface area contributed by atoms with Gasteiger partial charge >= 0.3 is 0 Å². The van der Waals surface area contributed by atoms with Crippen LogP contribution >= 0.6 is 11.3 Å². The molecular formula is C10H8N4S. The highest BCUT2D eigenvalue weighted by Gasteiger charge is 2.02. The minimum absolute atomic E-state index is 0.461. The van der Waals surface area contributed by atoms with E-state index in [1.54, 1.807) is 17.4 Å². The molecule has 0 saturated carbocycles. The van der Waals surface area contributed by atoms with Gasteiger partial charge in [0.25, 0.3) is 0 Å². The van der Waals surface area contributed by atoms with Gasteiger partial charge in [-0.2, -0.15) is 16.6 Å². The molecule has 0 aliphatic carbocycles. The summed E-state index contributed by atoms with van der Waals surface area (Å²) in [6.45, 7) is 0. The van der Waals surface area contributed by atoms with E-state index < -0.39 is 0 Å². The van der Waals surface area contributed by atoms with Gasteiger partial charge in [0, 0.05) is 11.6 Å². The molecule has 2 aromatic rings. The fraction of sp³-hybridized carbons (Fsp3) is 0. The van der Waals surface area contributed by atoms with E-state index in [4.69, 9.17) is 11.0 Å². The fourth-order valence-electron chi connectivity index (χ4n) is 1.12. The minimum atomic E-state index is 0.461. The zero-order valence-electron chi connectivity index (χ0n) is 7.77. The van der Waals surface area contributed by atoms with E-state index in [1.807, 2.05) is 22.9 Å². The summed E-state index contributed by atoms with van der Waals surface area (Å²) >= 11 is 1.59. The van der Waals surface area contributed by atoms with Crippen molar-refractivity contribution >= 4 is 28.5 Å². The van der Waals surface area contributed by atoms with Crippen LogP contribution < -0.4 is 11.1 Å². The molecule has 15 heavy (non-hydrogen) atoms. The zero-order valence-corrected chi connectivity index (χ0v) is 8.58. The van der Waals surface area contributed by atoms with Crippen molar-refractivity contribution in [1.29, 1.82) is 5.26 Å². The van der Waals surface area contributed by atoms with Crippen LogP contribution in [0, 0.1) is 11.3 Å². The summed E-state index contributed by atoms with van der Waals surface area (Å²) in [5, 5.41) is 15.6. The topological polar surface area (TPSA) is 74.7 Å². The molecule has 0 amide bonds. The van der Waals surface area contributed by atoms with Crippen molar-refractivity contribution in [2.75, 3.05) is 11.1 Å². The Bertz CT molecular complexity index is 499. The molecule has 0 spiro atoms. The number of nitrogens with two attached hydrogens (primary N) is 1. The van der Waals surface area contributed by atoms with Gasteiger partial charge in [-0.25, -0.2) is 4.98 Å². The van der Waals surface area contributed by atoms with Gasteiger partial charge in [-0.1, -0.05) is 0 Å². The summed E-state index contributed by atoms with van der Waals surface area (Å²) in [6, 6.07) is 5.52. The first-order valence-electron chi connectivity index (χ1n) is 4.24. The van der Waals surface area contributed by atoms with Crippen LogP contribution in [0.25, 0.3) is 0 Å². The van der Waals surface area contributed by atoms with E-state index in [9.17, 15) is 0 Å². The second-order valence-electron chi connectivity index (χ2n) is 2.91. The van der Waals surface area contributed by atoms with Crippen LogP contribution in [0.2, 0.25) is 0 Å². The van der Waals surface area contributed by atoms with Crippen LogP contribution in [0.15, 0.2) is 29.1 Å². The summed E-state index contributed by atoms with van der Waals surface area (Å²) < 4.78 is 0. The van der Waals surface area contributed by atoms with E-state index in [2.05, 4.69) is 10.3 Å². The predicted molar refractivity (Wildman–Crippen MR) is 61.0 cm³/mol. The number of anilines is 3. The number of hydrogen-bond acceptors (Lipinski definition) is 5. The number of nitrogen functional groups attached to an aromatic ring is 1. The molecule has 2 aromatic heterocycles. The number of nitrogens with one attached hydrogen (secondary N) is 1. The van der Waals surface area contributed by atoms with E-state index in [0.717, 1.165) is 5.69 Å². The summed E-state index contributed by atoms with van der Waals surface area (Å²) in [7, 11) is 0. The molecule has 0 saturated heterocycles. The van der Waals surface area contributed by atoms with Crippen LogP contribution in [-0.2, 0) is 0 Å². The molecule has 5 heteroatoms. The average Bonchev–Trinajstić information content (AvgIpc) is 2.74. The maximum atomic E-state index is 8.65. The van der Waals surface area contributed by atoms with E-state index >= 15 is 0 Å². The van der Waals surface area contributed by atoms with Crippen molar-refractivity contribution in [2.24, 2.45) is 0 Å². The molecule has 0 aliphatic rings. The normalized spacial score (nSPS) is 9.53. The van der Waals surface area contributed by atoms with Crippen LogP contribution in [0.4, 0.5) is 17.2 Å². The molecule has 2 rings (SSSR count). The summed E-state index contributed by atoms with van der Waals surface area (Å²) in [4.78, 5) is 4.07. The SMILES string of the molecule is N#Cc1cnc(Nc2ccsc2)c(N)c1. The standard InChI is InChI=1S/C10H8N4S/c11-4-7-3-9(12)10(13-5-7)14-8-1-2-15-6-8/h1-3,5-6H,12H2,(H,13,14). The lowest BCUT2D eigenvalue weighted by molar-refractivity contribution is 1.29. The Balaban J connectivity index is 2.27. The molecular weight excluding hydrogens is 208 g/mol. The maximum Gasteiger partial charge on any atom is 0.153 e. The quantitative estimate of drug-likeness (QED) is 0.808. The number of hydrogen-bond donors (Lipinski definition) is 2. The first-order chi connectivity index (χ1) is 7.29. The molecule has 0 unspecified atom stereocenters. The molecule has 0 radical (unpaired) electrons. The molecule has 3 N–H and O–H groups in total. The molecule has 0 bridgehead atoms. The number of rotatable bonds is 2. The third kappa shape index (κ3) is 2.06. The van der Waals surface area contributed by atoms with Crippen molar-refractivity contribution in [3.63, 3.8) is 0 Å². The zero-order chi connectivity index (χ0) is 10.7. The second-order valence-corrected chi connectivity index (χ2v) is 3.69. The second kappa shape index (κ2) is 3.98. The van der Waals surface area contributed by atoms with Gasteiger partial charge in [-0.05, 0) is 17.5 Å². The Morgan fingerprint density at radius 3 is 3.00 bits per heavy atom. The van der Waals surface area contributed by atoms with Gasteiger partial charge in [-0.3, -0.25) is 0 Å². The Labute approximate surface area is 91.0 Å². The van der Waals surface area contributed by atoms with Crippen molar-refractivity contribution in [3.8, 4) is 6.07 Å². The fourth-order valence-corrected chi connectivity index (χ4v) is 1.71. The molecule has 2 heterocycles. The number of nitriles is 1. The largest absolute Gasteiger partial charge is 0.396 e. The van der Waals surface area contributed by atoms with Gasteiger partial charge in [0.1, 0.15) is 6.07 Å². The Morgan fingerprint density at radius 2 is 2.40 bits per heavy atom. The van der Waals surface area contributed by atoms with Crippen molar-refractivity contribution in [3.05, 3.63) is 34.7 Å². The predicted octanol–water partition coefficient (Wildman–Crippen LogP) is 2.34. The van der Waals surface area contributed by atoms with E-state index in [0.29, 0.717) is 17.1 Å². The highest BCUT2D eigenvalue weighted by molar-refractivity contribution is 7.08. The Hall–Kier alpha value is -2.06. The number of pyridine rings is 1. The third-order valence-corrected chi connectivity index (χ3v) is 2.51. The number of aromatic nitrogens is 1. The summed E-state index contributed by atoms with van der Waals surface area (Å²) in [5.41, 5.74) is 7.62. The third-order valence-electron chi connectivity index (χ3n) is 1.83. The maximum absolute atomic E-state index is 8.65. The Morgan fingerprint density at radius 1 is 1.53 bits per heavy atom. The van der Waals surface area contributed by atoms with Crippen LogP contribution in [0.1, 0.15) is 5.56 Å². The van der Waals surface area contributed by atoms with E-state index in [-0.39, 0.29) is 0 Å². The highest BCUT2D eigenvalue weighted by Crippen LogP contribution is 2.22. The summed E-state index contributed by atoms with van der Waals surface area (Å²) in [5.74, 6) is 0.576. The molecule has 0 aromatic carbocycles. The number of nitrogens with zero attached hydrogens (tertiary/aromatic N) is 2. The van der Waals surface area contributed by atoms with Gasteiger partial charge in [0.05, 0.1) is 16.9 Å². The average molecular weight is 216 g/mol. The molecule has 0 aliphatic heterocycles. The van der Waals surface area contributed by atoms with Crippen LogP contribution in [-0.4, -0.2) is 4.98 Å². The lowest BCUT2D eigenvalue weighted by Crippen LogP contribution is -1.98. The van der Waals surface area contributed by atoms with Gasteiger partial charge in [-0.15, -0.1) is 0 Å². The molecule has 4 nitrogen and oxygen atoms in total. The summed E-state index contributed by atoms with van der Waals surface area (Å²) in [6.07, 6.45) is 1.49. The lowest BCUT2D eigenvalue weighted by atomic mass is 10.3. The first kappa shape index (κ1) is 9.49. The lowest BCUT2D eigenvalue weighted by Gasteiger charge is -2.05. The van der Waals surface area contributed by atoms with Crippen molar-refractivity contribution in [2.45, 2.75) is 0 Å². The molecule has 74 valence electrons. The first-order valence-corrected chi connectivity index (χ1v) is 5.19. The number of thiophene rings is 1. The van der Waals surface area contributed by atoms with Gasteiger partial charge in [0.15, 0.2) is 5.82 Å². The highest BCUT2D eigenvalue weighted by atomic mass is 32.1. The monoisotopic (exact) mass is 216 g/mol. The molecule has 0 fully saturated rings. The Kier molecular flexibility index (Phi) is 2.52. The molecule has 0 atom stereocenters. The van der Waals surface area contributed by atoms with Gasteiger partial charge in [0.2, 0.25) is 0 Å². The smallest absolute Gasteiger partial charge is 0.153 e. The van der Waals surface area contributed by atoms with Crippen molar-refractivity contribution in [1.82, 2.24) is 4.98 Å². The van der Waals surface area contributed by atoms with Crippen LogP contribution in [0.3, 0.4) is 0 Å². The minimum Gasteiger partial charge on any atom is -0.396 e. The van der Waals surface area contributed by atoms with Crippen molar-refractivity contribution < 1.29 is 0 Å². The van der Waals surface area contributed by atoms with Crippen LogP contribution in [0.5, 0.6) is 0 Å². The van der Waals surface area contributed by atoms with E-state index in [1.165, 1.54) is 6.20 Å². The van der Waals surface area contributed by atoms with Gasteiger partial charge < -0.3 is 11.1 Å².